The lowest BCUT2D eigenvalue weighted by Crippen LogP contribution is -2.41. The Hall–Kier alpha value is -0.666. The van der Waals surface area contributed by atoms with Gasteiger partial charge in [-0.05, 0) is 90.4 Å². The first kappa shape index (κ1) is 27.4. The molecule has 0 radical (unpaired) electrons. The highest BCUT2D eigenvalue weighted by Gasteiger charge is 2.42. The van der Waals surface area contributed by atoms with Gasteiger partial charge in [-0.3, -0.25) is 4.79 Å². The molecule has 1 aromatic rings. The molecule has 0 aliphatic carbocycles. The summed E-state index contributed by atoms with van der Waals surface area (Å²) in [5.41, 5.74) is 2.39. The summed E-state index contributed by atoms with van der Waals surface area (Å²) in [5, 5.41) is -1.13. The average Bonchev–Trinajstić information content (AvgIpc) is 2.54. The number of benzene rings is 1. The maximum absolute atomic E-state index is 12.0. The molecule has 0 heterocycles. The predicted octanol–water partition coefficient (Wildman–Crippen LogP) is 6.28. The fourth-order valence-corrected chi connectivity index (χ4v) is 4.32. The SMILES string of the molecule is CCCCOc1cc(C(=O)Cl)cc(CC(C)(C)[Si](C)(C)O)c1CC(C)(C)[Si](C)(C)O. The van der Waals surface area contributed by atoms with Crippen LogP contribution in [0.1, 0.15) is 68.9 Å². The summed E-state index contributed by atoms with van der Waals surface area (Å²) >= 11 is 5.86. The normalized spacial score (nSPS) is 13.5. The lowest BCUT2D eigenvalue weighted by atomic mass is 9.89. The molecule has 0 saturated carbocycles. The number of carbonyl (C=O) groups is 1. The molecule has 0 unspecified atom stereocenters. The molecule has 0 aromatic heterocycles. The quantitative estimate of drug-likeness (QED) is 0.226. The maximum atomic E-state index is 12.0. The molecule has 0 fully saturated rings. The third kappa shape index (κ3) is 6.92. The van der Waals surface area contributed by atoms with Crippen LogP contribution in [0.4, 0.5) is 0 Å². The summed E-state index contributed by atoms with van der Waals surface area (Å²) in [5.74, 6) is 0.671. The first-order valence-corrected chi connectivity index (χ1v) is 17.1. The van der Waals surface area contributed by atoms with Crippen molar-refractivity contribution in [2.24, 2.45) is 0 Å². The highest BCUT2D eigenvalue weighted by molar-refractivity contribution is 6.73. The van der Waals surface area contributed by atoms with E-state index in [1.807, 2.05) is 32.3 Å². The molecular weight excluding hydrogens is 432 g/mol. The molecule has 172 valence electrons. The number of ether oxygens (including phenoxy) is 1. The third-order valence-electron chi connectivity index (χ3n) is 6.85. The lowest BCUT2D eigenvalue weighted by Gasteiger charge is -2.38. The smallest absolute Gasteiger partial charge is 0.252 e. The van der Waals surface area contributed by atoms with Crippen LogP contribution >= 0.6 is 11.6 Å². The fourth-order valence-electron chi connectivity index (χ4n) is 2.98. The van der Waals surface area contributed by atoms with Crippen molar-refractivity contribution in [3.63, 3.8) is 0 Å². The number of rotatable bonds is 11. The van der Waals surface area contributed by atoms with Crippen molar-refractivity contribution in [3.8, 4) is 5.75 Å². The minimum atomic E-state index is -2.48. The molecule has 0 saturated heterocycles. The number of unbranched alkanes of at least 4 members (excludes halogenated alkanes) is 1. The van der Waals surface area contributed by atoms with E-state index in [0.717, 1.165) is 24.0 Å². The van der Waals surface area contributed by atoms with Crippen molar-refractivity contribution < 1.29 is 19.1 Å². The molecule has 4 nitrogen and oxygen atoms in total. The van der Waals surface area contributed by atoms with E-state index in [2.05, 4.69) is 34.6 Å². The van der Waals surface area contributed by atoms with Gasteiger partial charge in [0, 0.05) is 5.56 Å². The van der Waals surface area contributed by atoms with Gasteiger partial charge in [0.05, 0.1) is 6.61 Å². The van der Waals surface area contributed by atoms with Gasteiger partial charge in [-0.2, -0.15) is 0 Å². The summed E-state index contributed by atoms with van der Waals surface area (Å²) in [4.78, 5) is 33.8. The zero-order chi connectivity index (χ0) is 23.5. The highest BCUT2D eigenvalue weighted by Crippen LogP contribution is 2.45. The van der Waals surface area contributed by atoms with Crippen LogP contribution in [0.15, 0.2) is 12.1 Å². The van der Waals surface area contributed by atoms with E-state index in [0.29, 0.717) is 30.8 Å². The van der Waals surface area contributed by atoms with Gasteiger partial charge in [-0.1, -0.05) is 41.0 Å². The topological polar surface area (TPSA) is 66.8 Å². The third-order valence-corrected chi connectivity index (χ3v) is 14.0. The minimum Gasteiger partial charge on any atom is -0.493 e. The van der Waals surface area contributed by atoms with Gasteiger partial charge in [0.2, 0.25) is 0 Å². The van der Waals surface area contributed by atoms with Gasteiger partial charge >= 0.3 is 0 Å². The molecular formula is C23H41ClO4Si2. The highest BCUT2D eigenvalue weighted by atomic mass is 35.5. The fraction of sp³-hybridized carbons (Fsp3) is 0.696. The Bertz CT molecular complexity index is 747. The van der Waals surface area contributed by atoms with E-state index < -0.39 is 21.9 Å². The summed E-state index contributed by atoms with van der Waals surface area (Å²) in [6, 6.07) is 3.58. The Morgan fingerprint density at radius 1 is 1.00 bits per heavy atom. The van der Waals surface area contributed by atoms with Crippen LogP contribution in [0, 0.1) is 0 Å². The van der Waals surface area contributed by atoms with Gasteiger partial charge in [-0.15, -0.1) is 0 Å². The Kier molecular flexibility index (Phi) is 9.00. The summed E-state index contributed by atoms with van der Waals surface area (Å²) in [7, 11) is -4.95. The zero-order valence-corrected chi connectivity index (χ0v) is 23.0. The molecule has 2 N–H and O–H groups in total. The predicted molar refractivity (Wildman–Crippen MR) is 132 cm³/mol. The van der Waals surface area contributed by atoms with Crippen molar-refractivity contribution in [2.45, 2.75) is 96.6 Å². The Morgan fingerprint density at radius 3 is 1.93 bits per heavy atom. The average molecular weight is 473 g/mol. The number of hydrogen-bond acceptors (Lipinski definition) is 4. The Morgan fingerprint density at radius 2 is 1.50 bits per heavy atom. The van der Waals surface area contributed by atoms with E-state index in [1.54, 1.807) is 6.07 Å². The van der Waals surface area contributed by atoms with Crippen LogP contribution in [-0.4, -0.2) is 38.1 Å². The van der Waals surface area contributed by atoms with Crippen molar-refractivity contribution in [1.29, 1.82) is 0 Å². The first-order chi connectivity index (χ1) is 13.4. The molecule has 7 heteroatoms. The van der Waals surface area contributed by atoms with Crippen LogP contribution in [0.25, 0.3) is 0 Å². The van der Waals surface area contributed by atoms with Crippen molar-refractivity contribution in [3.05, 3.63) is 28.8 Å². The Balaban J connectivity index is 3.65. The maximum Gasteiger partial charge on any atom is 0.252 e. The lowest BCUT2D eigenvalue weighted by molar-refractivity contribution is 0.108. The van der Waals surface area contributed by atoms with Gasteiger partial charge in [0.1, 0.15) is 5.75 Å². The van der Waals surface area contributed by atoms with Crippen LogP contribution in [-0.2, 0) is 12.8 Å². The van der Waals surface area contributed by atoms with Gasteiger partial charge in [0.25, 0.3) is 5.24 Å². The number of hydrogen-bond donors (Lipinski definition) is 2. The van der Waals surface area contributed by atoms with E-state index in [1.165, 1.54) is 0 Å². The largest absolute Gasteiger partial charge is 0.493 e. The zero-order valence-electron chi connectivity index (χ0n) is 20.3. The van der Waals surface area contributed by atoms with Gasteiger partial charge < -0.3 is 14.3 Å². The van der Waals surface area contributed by atoms with Crippen LogP contribution < -0.4 is 4.74 Å². The molecule has 30 heavy (non-hydrogen) atoms. The van der Waals surface area contributed by atoms with E-state index in [-0.39, 0.29) is 10.1 Å². The first-order valence-electron chi connectivity index (χ1n) is 10.9. The molecule has 0 amide bonds. The summed E-state index contributed by atoms with van der Waals surface area (Å²) < 4.78 is 6.14. The second-order valence-corrected chi connectivity index (χ2v) is 20.1. The van der Waals surface area contributed by atoms with Gasteiger partial charge in [0.15, 0.2) is 16.6 Å². The molecule has 0 bridgehead atoms. The second-order valence-electron chi connectivity index (χ2n) is 10.8. The second kappa shape index (κ2) is 9.86. The van der Waals surface area contributed by atoms with E-state index in [4.69, 9.17) is 16.3 Å². The molecule has 1 rings (SSSR count). The van der Waals surface area contributed by atoms with Gasteiger partial charge in [-0.25, -0.2) is 0 Å². The summed E-state index contributed by atoms with van der Waals surface area (Å²) in [6.07, 6.45) is 3.18. The Labute approximate surface area is 190 Å². The van der Waals surface area contributed by atoms with E-state index in [9.17, 15) is 14.4 Å². The van der Waals surface area contributed by atoms with Crippen LogP contribution in [0.5, 0.6) is 5.75 Å². The minimum absolute atomic E-state index is 0.298. The van der Waals surface area contributed by atoms with Crippen LogP contribution in [0.2, 0.25) is 36.3 Å². The molecule has 0 aliphatic rings. The monoisotopic (exact) mass is 472 g/mol. The number of carbonyl (C=O) groups excluding carboxylic acids is 1. The van der Waals surface area contributed by atoms with Crippen molar-refractivity contribution in [1.82, 2.24) is 0 Å². The number of halogens is 1. The van der Waals surface area contributed by atoms with Crippen molar-refractivity contribution in [2.75, 3.05) is 6.61 Å². The summed E-state index contributed by atoms with van der Waals surface area (Å²) in [6.45, 7) is 18.8. The molecule has 0 aliphatic heterocycles. The van der Waals surface area contributed by atoms with E-state index >= 15 is 0 Å². The molecule has 0 spiro atoms. The molecule has 0 atom stereocenters. The van der Waals surface area contributed by atoms with Crippen molar-refractivity contribution >= 4 is 33.5 Å². The molecule has 1 aromatic carbocycles. The standard InChI is InChI=1S/C23H41ClO4Si2/c1-10-11-12-28-20-14-17(21(24)25)13-18(15-22(2,3)29(6,7)26)19(20)16-23(4,5)30(8,9)27/h13-14,26-27H,10-12,15-16H2,1-9H3. The van der Waals surface area contributed by atoms with Crippen LogP contribution in [0.3, 0.4) is 0 Å².